The molecule has 0 saturated heterocycles. The van der Waals surface area contributed by atoms with Gasteiger partial charge < -0.3 is 0 Å². The lowest BCUT2D eigenvalue weighted by Gasteiger charge is -2.20. The molecule has 0 aliphatic carbocycles. The molecule has 1 aliphatic rings. The number of nitrogens with zero attached hydrogens (tertiary/aromatic N) is 3. The van der Waals surface area contributed by atoms with E-state index in [1.807, 2.05) is 0 Å². The maximum Gasteiger partial charge on any atom is 0.279 e. The van der Waals surface area contributed by atoms with Crippen molar-refractivity contribution in [1.82, 2.24) is 4.68 Å². The average molecular weight is 166 g/mol. The number of imidazole rings is 1. The van der Waals surface area contributed by atoms with Crippen LogP contribution in [0.1, 0.15) is 19.2 Å². The number of aromatic nitrogens is 2. The van der Waals surface area contributed by atoms with Gasteiger partial charge in [0.2, 0.25) is 0 Å². The Kier molecular flexibility index (Phi) is 1.79. The Balaban J connectivity index is 2.41. The number of fused-ring (bicyclic) bond motifs is 1. The van der Waals surface area contributed by atoms with Crippen molar-refractivity contribution in [3.63, 3.8) is 0 Å². The van der Waals surface area contributed by atoms with Gasteiger partial charge in [0.15, 0.2) is 6.20 Å². The fourth-order valence-electron chi connectivity index (χ4n) is 1.88. The van der Waals surface area contributed by atoms with Gasteiger partial charge in [-0.2, -0.15) is 0 Å². The minimum Gasteiger partial charge on any atom is -0.247 e. The monoisotopic (exact) mass is 166 g/mol. The summed E-state index contributed by atoms with van der Waals surface area (Å²) in [5, 5.41) is 2.27. The largest absolute Gasteiger partial charge is 0.279 e. The fourth-order valence-corrected chi connectivity index (χ4v) is 1.88. The molecular weight excluding hydrogens is 150 g/mol. The van der Waals surface area contributed by atoms with Gasteiger partial charge in [0, 0.05) is 7.05 Å². The Hall–Kier alpha value is -0.990. The predicted octanol–water partition coefficient (Wildman–Crippen LogP) is 0.310. The molecular formula is C9H16N3+. The summed E-state index contributed by atoms with van der Waals surface area (Å²) in [7, 11) is 2.14. The molecule has 1 aliphatic heterocycles. The van der Waals surface area contributed by atoms with Crippen LogP contribution in [0.5, 0.6) is 0 Å². The number of hydrogen-bond donors (Lipinski definition) is 0. The first-order valence-corrected chi connectivity index (χ1v) is 4.64. The Bertz CT molecular complexity index is 277. The van der Waals surface area contributed by atoms with E-state index in [-0.39, 0.29) is 0 Å². The summed E-state index contributed by atoms with van der Waals surface area (Å²) in [6.07, 6.45) is 6.81. The maximum atomic E-state index is 2.32. The highest BCUT2D eigenvalue weighted by Gasteiger charge is 2.22. The maximum absolute atomic E-state index is 2.32. The van der Waals surface area contributed by atoms with Gasteiger partial charge in [-0.25, -0.2) is 9.58 Å². The first-order valence-electron chi connectivity index (χ1n) is 4.64. The number of rotatable bonds is 1. The van der Waals surface area contributed by atoms with Gasteiger partial charge in [-0.1, -0.05) is 0 Å². The van der Waals surface area contributed by atoms with Gasteiger partial charge in [0.25, 0.3) is 5.82 Å². The van der Waals surface area contributed by atoms with Crippen LogP contribution in [0.3, 0.4) is 0 Å². The summed E-state index contributed by atoms with van der Waals surface area (Å²) in [6.45, 7) is 4.44. The van der Waals surface area contributed by atoms with Crippen LogP contribution in [0.15, 0.2) is 12.4 Å². The third-order valence-corrected chi connectivity index (χ3v) is 2.57. The molecule has 0 saturated carbocycles. The Morgan fingerprint density at radius 2 is 2.42 bits per heavy atom. The molecule has 66 valence electrons. The molecule has 0 amide bonds. The zero-order valence-corrected chi connectivity index (χ0v) is 7.82. The number of hydrogen-bond acceptors (Lipinski definition) is 1. The molecule has 1 aromatic heterocycles. The molecule has 0 radical (unpaired) electrons. The summed E-state index contributed by atoms with van der Waals surface area (Å²) in [5.41, 5.74) is 0. The zero-order chi connectivity index (χ0) is 8.55. The van der Waals surface area contributed by atoms with Gasteiger partial charge in [-0.15, -0.1) is 4.68 Å². The minimum atomic E-state index is 1.08. The highest BCUT2D eigenvalue weighted by Crippen LogP contribution is 2.06. The van der Waals surface area contributed by atoms with Gasteiger partial charge >= 0.3 is 0 Å². The van der Waals surface area contributed by atoms with Crippen molar-refractivity contribution in [3.05, 3.63) is 18.2 Å². The Morgan fingerprint density at radius 1 is 1.58 bits per heavy atom. The molecule has 12 heavy (non-hydrogen) atoms. The fraction of sp³-hybridized carbons (Fsp3) is 0.667. The summed E-state index contributed by atoms with van der Waals surface area (Å²) < 4.78 is 4.57. The summed E-state index contributed by atoms with van der Waals surface area (Å²) >= 11 is 0. The van der Waals surface area contributed by atoms with Crippen molar-refractivity contribution in [1.29, 1.82) is 0 Å². The van der Waals surface area contributed by atoms with Crippen molar-refractivity contribution in [3.8, 4) is 0 Å². The lowest BCUT2D eigenvalue weighted by molar-refractivity contribution is -0.700. The van der Waals surface area contributed by atoms with E-state index in [1.54, 1.807) is 0 Å². The van der Waals surface area contributed by atoms with Crippen molar-refractivity contribution < 1.29 is 4.57 Å². The molecule has 0 spiro atoms. The summed E-state index contributed by atoms with van der Waals surface area (Å²) in [4.78, 5) is 0. The van der Waals surface area contributed by atoms with Crippen LogP contribution < -0.4 is 9.58 Å². The van der Waals surface area contributed by atoms with Crippen molar-refractivity contribution in [2.75, 3.05) is 18.6 Å². The smallest absolute Gasteiger partial charge is 0.247 e. The predicted molar refractivity (Wildman–Crippen MR) is 47.6 cm³/mol. The highest BCUT2D eigenvalue weighted by atomic mass is 15.6. The van der Waals surface area contributed by atoms with Gasteiger partial charge in [0.1, 0.15) is 6.20 Å². The van der Waals surface area contributed by atoms with Crippen LogP contribution in [-0.4, -0.2) is 18.3 Å². The first-order chi connectivity index (χ1) is 5.83. The molecule has 3 nitrogen and oxygen atoms in total. The quantitative estimate of drug-likeness (QED) is 0.547. The van der Waals surface area contributed by atoms with E-state index >= 15 is 0 Å². The molecule has 1 aromatic rings. The summed E-state index contributed by atoms with van der Waals surface area (Å²) in [6, 6.07) is 0. The van der Waals surface area contributed by atoms with Crippen LogP contribution in [0.2, 0.25) is 0 Å². The van der Waals surface area contributed by atoms with Gasteiger partial charge in [-0.05, 0) is 13.3 Å². The lowest BCUT2D eigenvalue weighted by atomic mass is 10.2. The van der Waals surface area contributed by atoms with E-state index in [0.29, 0.717) is 0 Å². The van der Waals surface area contributed by atoms with Crippen molar-refractivity contribution in [2.45, 2.75) is 26.3 Å². The minimum absolute atomic E-state index is 1.08. The first kappa shape index (κ1) is 7.65. The van der Waals surface area contributed by atoms with Crippen molar-refractivity contribution in [2.24, 2.45) is 0 Å². The number of aryl methyl sites for hydroxylation is 1. The van der Waals surface area contributed by atoms with Gasteiger partial charge in [-0.3, -0.25) is 0 Å². The Morgan fingerprint density at radius 3 is 3.17 bits per heavy atom. The molecule has 0 unspecified atom stereocenters. The second-order valence-electron chi connectivity index (χ2n) is 3.33. The van der Waals surface area contributed by atoms with Crippen LogP contribution in [0, 0.1) is 0 Å². The second-order valence-corrected chi connectivity index (χ2v) is 3.33. The van der Waals surface area contributed by atoms with Crippen LogP contribution >= 0.6 is 0 Å². The average Bonchev–Trinajstić information content (AvgIpc) is 2.49. The molecule has 0 atom stereocenters. The third kappa shape index (κ3) is 1.00. The zero-order valence-electron chi connectivity index (χ0n) is 7.82. The normalized spacial score (nSPS) is 16.3. The summed E-state index contributed by atoms with van der Waals surface area (Å²) in [5.74, 6) is 1.44. The van der Waals surface area contributed by atoms with E-state index in [1.165, 1.54) is 25.2 Å². The third-order valence-electron chi connectivity index (χ3n) is 2.57. The molecule has 0 aromatic carbocycles. The van der Waals surface area contributed by atoms with E-state index in [4.69, 9.17) is 0 Å². The lowest BCUT2D eigenvalue weighted by Crippen LogP contribution is -2.44. The van der Waals surface area contributed by atoms with Gasteiger partial charge in [0.05, 0.1) is 19.5 Å². The molecule has 2 rings (SSSR count). The van der Waals surface area contributed by atoms with E-state index in [0.717, 1.165) is 6.54 Å². The van der Waals surface area contributed by atoms with Crippen LogP contribution in [-0.2, 0) is 13.0 Å². The molecule has 0 fully saturated rings. The SMILES string of the molecule is CC[n+]1ccn2c1CCCN2C. The van der Waals surface area contributed by atoms with Crippen LogP contribution in [0.25, 0.3) is 0 Å². The van der Waals surface area contributed by atoms with E-state index in [2.05, 4.69) is 40.6 Å². The molecule has 0 bridgehead atoms. The topological polar surface area (TPSA) is 12.0 Å². The van der Waals surface area contributed by atoms with Crippen molar-refractivity contribution >= 4 is 0 Å². The van der Waals surface area contributed by atoms with E-state index < -0.39 is 0 Å². The van der Waals surface area contributed by atoms with E-state index in [9.17, 15) is 0 Å². The molecule has 0 N–H and O–H groups in total. The standard InChI is InChI=1S/C9H16N3/c1-3-11-7-8-12-9(11)5-4-6-10(12)2/h7-8H,3-6H2,1-2H3/q+1. The Labute approximate surface area is 73.2 Å². The molecule has 3 heteroatoms. The molecule has 2 heterocycles. The second kappa shape index (κ2) is 2.81. The van der Waals surface area contributed by atoms with Crippen LogP contribution in [0.4, 0.5) is 0 Å². The highest BCUT2D eigenvalue weighted by molar-refractivity contribution is 4.96.